The Bertz CT molecular complexity index is 423. The van der Waals surface area contributed by atoms with Crippen LogP contribution < -0.4 is 10.1 Å². The van der Waals surface area contributed by atoms with Crippen molar-refractivity contribution in [3.05, 3.63) is 29.3 Å². The van der Waals surface area contributed by atoms with E-state index in [9.17, 15) is 4.79 Å². The largest absolute Gasteiger partial charge is 0.480 e. The molecule has 1 aromatic carbocycles. The number of aliphatic hydroxyl groups is 1. The molecule has 1 rings (SSSR count). The molecular formula is C14H20ClNO3. The van der Waals surface area contributed by atoms with E-state index in [0.29, 0.717) is 10.8 Å². The van der Waals surface area contributed by atoms with Crippen molar-refractivity contribution in [2.24, 2.45) is 5.92 Å². The van der Waals surface area contributed by atoms with Crippen LogP contribution in [0.5, 0.6) is 5.75 Å². The number of nitrogens with one attached hydrogen (secondary N) is 1. The van der Waals surface area contributed by atoms with E-state index in [1.54, 1.807) is 31.2 Å². The highest BCUT2D eigenvalue weighted by Gasteiger charge is 2.25. The van der Waals surface area contributed by atoms with Crippen molar-refractivity contribution in [3.63, 3.8) is 0 Å². The molecule has 0 aromatic heterocycles. The maximum atomic E-state index is 12.1. The normalized spacial score (nSPS) is 14.0. The summed E-state index contributed by atoms with van der Waals surface area (Å²) in [4.78, 5) is 12.1. The summed E-state index contributed by atoms with van der Waals surface area (Å²) in [6, 6.07) is 6.64. The van der Waals surface area contributed by atoms with E-state index >= 15 is 0 Å². The van der Waals surface area contributed by atoms with Gasteiger partial charge in [0, 0.05) is 11.1 Å². The van der Waals surface area contributed by atoms with Gasteiger partial charge in [-0.3, -0.25) is 4.79 Å². The molecule has 5 heteroatoms. The van der Waals surface area contributed by atoms with Gasteiger partial charge in [0.1, 0.15) is 5.75 Å². The summed E-state index contributed by atoms with van der Waals surface area (Å²) >= 11 is 5.88. The van der Waals surface area contributed by atoms with Crippen LogP contribution in [0, 0.1) is 5.92 Å². The quantitative estimate of drug-likeness (QED) is 0.843. The highest BCUT2D eigenvalue weighted by molar-refractivity contribution is 6.30. The van der Waals surface area contributed by atoms with Crippen molar-refractivity contribution in [2.45, 2.75) is 32.9 Å². The van der Waals surface area contributed by atoms with Gasteiger partial charge in [0.15, 0.2) is 6.10 Å². The van der Waals surface area contributed by atoms with Gasteiger partial charge < -0.3 is 15.2 Å². The molecule has 0 fully saturated rings. The van der Waals surface area contributed by atoms with Gasteiger partial charge in [-0.15, -0.1) is 0 Å². The molecule has 0 unspecified atom stereocenters. The molecule has 0 heterocycles. The van der Waals surface area contributed by atoms with Crippen molar-refractivity contribution >= 4 is 17.5 Å². The zero-order valence-electron chi connectivity index (χ0n) is 11.4. The Morgan fingerprint density at radius 3 is 2.63 bits per heavy atom. The van der Waals surface area contributed by atoms with Crippen LogP contribution in [-0.2, 0) is 4.79 Å². The van der Waals surface area contributed by atoms with Gasteiger partial charge in [-0.05, 0) is 31.0 Å². The van der Waals surface area contributed by atoms with E-state index in [1.165, 1.54) is 0 Å². The summed E-state index contributed by atoms with van der Waals surface area (Å²) in [6.07, 6.45) is -0.618. The third kappa shape index (κ3) is 5.09. The van der Waals surface area contributed by atoms with Gasteiger partial charge in [0.25, 0.3) is 5.91 Å². The molecule has 106 valence electrons. The Hall–Kier alpha value is -1.26. The Balaban J connectivity index is 2.75. The molecule has 19 heavy (non-hydrogen) atoms. The lowest BCUT2D eigenvalue weighted by Crippen LogP contribution is -2.46. The standard InChI is InChI=1S/C14H20ClNO3/c1-9(2)13(14(18)16-10(3)8-17)19-12-6-4-5-11(15)7-12/h4-7,9-10,13,17H,8H2,1-3H3,(H,16,18)/t10-,13+/m0/s1. The van der Waals surface area contributed by atoms with Crippen molar-refractivity contribution in [1.29, 1.82) is 0 Å². The van der Waals surface area contributed by atoms with Crippen LogP contribution in [0.1, 0.15) is 20.8 Å². The Labute approximate surface area is 118 Å². The Morgan fingerprint density at radius 2 is 2.11 bits per heavy atom. The monoisotopic (exact) mass is 285 g/mol. The number of amides is 1. The predicted octanol–water partition coefficient (Wildman–Crippen LogP) is 2.24. The van der Waals surface area contributed by atoms with E-state index in [0.717, 1.165) is 0 Å². The summed E-state index contributed by atoms with van der Waals surface area (Å²) in [7, 11) is 0. The summed E-state index contributed by atoms with van der Waals surface area (Å²) in [5.74, 6) is 0.319. The molecule has 1 amide bonds. The van der Waals surface area contributed by atoms with Crippen LogP contribution in [0.15, 0.2) is 24.3 Å². The summed E-state index contributed by atoms with van der Waals surface area (Å²) in [6.45, 7) is 5.43. The first-order valence-electron chi connectivity index (χ1n) is 6.27. The second kappa shape index (κ2) is 7.36. The second-order valence-corrected chi connectivity index (χ2v) is 5.27. The molecule has 0 bridgehead atoms. The molecule has 0 aliphatic carbocycles. The lowest BCUT2D eigenvalue weighted by atomic mass is 10.1. The van der Waals surface area contributed by atoms with Crippen molar-refractivity contribution in [1.82, 2.24) is 5.32 Å². The van der Waals surface area contributed by atoms with Gasteiger partial charge in [-0.25, -0.2) is 0 Å². The minimum absolute atomic E-state index is 0.00451. The van der Waals surface area contributed by atoms with Crippen molar-refractivity contribution in [3.8, 4) is 5.75 Å². The highest BCUT2D eigenvalue weighted by atomic mass is 35.5. The minimum atomic E-state index is -0.618. The highest BCUT2D eigenvalue weighted by Crippen LogP contribution is 2.20. The lowest BCUT2D eigenvalue weighted by molar-refractivity contribution is -0.130. The van der Waals surface area contributed by atoms with Gasteiger partial charge >= 0.3 is 0 Å². The summed E-state index contributed by atoms with van der Waals surface area (Å²) in [5, 5.41) is 12.2. The molecule has 4 nitrogen and oxygen atoms in total. The minimum Gasteiger partial charge on any atom is -0.480 e. The zero-order valence-corrected chi connectivity index (χ0v) is 12.1. The first-order chi connectivity index (χ1) is 8.93. The van der Waals surface area contributed by atoms with E-state index in [2.05, 4.69) is 5.32 Å². The average molecular weight is 286 g/mol. The lowest BCUT2D eigenvalue weighted by Gasteiger charge is -2.23. The van der Waals surface area contributed by atoms with E-state index in [4.69, 9.17) is 21.4 Å². The maximum Gasteiger partial charge on any atom is 0.261 e. The van der Waals surface area contributed by atoms with Crippen LogP contribution in [0.25, 0.3) is 0 Å². The molecule has 2 N–H and O–H groups in total. The van der Waals surface area contributed by atoms with Crippen LogP contribution in [0.3, 0.4) is 0 Å². The molecule has 0 saturated heterocycles. The molecule has 0 aliphatic rings. The number of ether oxygens (including phenoxy) is 1. The number of aliphatic hydroxyl groups excluding tert-OH is 1. The number of benzene rings is 1. The smallest absolute Gasteiger partial charge is 0.261 e. The Kier molecular flexibility index (Phi) is 6.12. The second-order valence-electron chi connectivity index (χ2n) is 4.83. The first-order valence-corrected chi connectivity index (χ1v) is 6.65. The van der Waals surface area contributed by atoms with E-state index in [-0.39, 0.29) is 24.5 Å². The summed E-state index contributed by atoms with van der Waals surface area (Å²) < 4.78 is 5.69. The van der Waals surface area contributed by atoms with Gasteiger partial charge in [0.05, 0.1) is 6.61 Å². The van der Waals surface area contributed by atoms with Crippen LogP contribution >= 0.6 is 11.6 Å². The van der Waals surface area contributed by atoms with Crippen molar-refractivity contribution in [2.75, 3.05) is 6.61 Å². The molecule has 0 spiro atoms. The molecule has 0 radical (unpaired) electrons. The predicted molar refractivity (Wildman–Crippen MR) is 75.4 cm³/mol. The Morgan fingerprint density at radius 1 is 1.42 bits per heavy atom. The fraction of sp³-hybridized carbons (Fsp3) is 0.500. The maximum absolute atomic E-state index is 12.1. The average Bonchev–Trinajstić information content (AvgIpc) is 2.35. The summed E-state index contributed by atoms with van der Waals surface area (Å²) in [5.41, 5.74) is 0. The molecule has 2 atom stereocenters. The number of carbonyl (C=O) groups excluding carboxylic acids is 1. The SMILES string of the molecule is CC(C)[C@@H](Oc1cccc(Cl)c1)C(=O)N[C@@H](C)CO. The fourth-order valence-corrected chi connectivity index (χ4v) is 1.73. The molecule has 1 aromatic rings. The van der Waals surface area contributed by atoms with E-state index < -0.39 is 6.10 Å². The third-order valence-electron chi connectivity index (χ3n) is 2.59. The van der Waals surface area contributed by atoms with Crippen LogP contribution in [0.2, 0.25) is 5.02 Å². The van der Waals surface area contributed by atoms with Gasteiger partial charge in [-0.2, -0.15) is 0 Å². The number of hydrogen-bond acceptors (Lipinski definition) is 3. The van der Waals surface area contributed by atoms with Crippen LogP contribution in [0.4, 0.5) is 0 Å². The molecule has 0 aliphatic heterocycles. The van der Waals surface area contributed by atoms with Gasteiger partial charge in [0.2, 0.25) is 0 Å². The van der Waals surface area contributed by atoms with Gasteiger partial charge in [-0.1, -0.05) is 31.5 Å². The fourth-order valence-electron chi connectivity index (χ4n) is 1.55. The zero-order chi connectivity index (χ0) is 14.4. The number of rotatable bonds is 6. The molecular weight excluding hydrogens is 266 g/mol. The van der Waals surface area contributed by atoms with Crippen LogP contribution in [-0.4, -0.2) is 29.8 Å². The topological polar surface area (TPSA) is 58.6 Å². The number of hydrogen-bond donors (Lipinski definition) is 2. The number of halogens is 1. The first kappa shape index (κ1) is 15.8. The third-order valence-corrected chi connectivity index (χ3v) is 2.82. The molecule has 0 saturated carbocycles. The number of carbonyl (C=O) groups is 1. The van der Waals surface area contributed by atoms with Crippen molar-refractivity contribution < 1.29 is 14.6 Å². The van der Waals surface area contributed by atoms with E-state index in [1.807, 2.05) is 13.8 Å².